The van der Waals surface area contributed by atoms with Gasteiger partial charge in [-0.25, -0.2) is 9.97 Å². The number of nitrogens with zero attached hydrogens (tertiary/aromatic N) is 6. The van der Waals surface area contributed by atoms with E-state index in [1.54, 1.807) is 24.2 Å². The number of hydrogen-bond acceptors (Lipinski definition) is 8. The Morgan fingerprint density at radius 2 is 1.69 bits per heavy atom. The van der Waals surface area contributed by atoms with E-state index < -0.39 is 0 Å². The fraction of sp³-hybridized carbons (Fsp3) is 0.385. The summed E-state index contributed by atoms with van der Waals surface area (Å²) in [5, 5.41) is 16.0. The van der Waals surface area contributed by atoms with E-state index >= 15 is 0 Å². The van der Waals surface area contributed by atoms with Gasteiger partial charge in [-0.3, -0.25) is 9.36 Å². The predicted molar refractivity (Wildman–Crippen MR) is 140 cm³/mol. The Balaban J connectivity index is 1.15. The number of methoxy groups -OCH3 is 1. The third-order valence-electron chi connectivity index (χ3n) is 6.94. The zero-order chi connectivity index (χ0) is 25.1. The summed E-state index contributed by atoms with van der Waals surface area (Å²) in [7, 11) is 5.49. The fourth-order valence-electron chi connectivity index (χ4n) is 4.83. The van der Waals surface area contributed by atoms with Crippen LogP contribution in [0.1, 0.15) is 31.2 Å². The first kappa shape index (κ1) is 23.8. The molecule has 1 aromatic carbocycles. The summed E-state index contributed by atoms with van der Waals surface area (Å²) in [5.41, 5.74) is 11.2. The molecule has 0 atom stereocenters. The highest BCUT2D eigenvalue weighted by atomic mass is 16.5. The topological polar surface area (TPSA) is 121 Å². The molecule has 3 heterocycles. The van der Waals surface area contributed by atoms with Gasteiger partial charge in [-0.2, -0.15) is 10.2 Å². The summed E-state index contributed by atoms with van der Waals surface area (Å²) in [6, 6.07) is 10.8. The quantitative estimate of drug-likeness (QED) is 0.346. The van der Waals surface area contributed by atoms with Gasteiger partial charge in [-0.1, -0.05) is 0 Å². The number of aromatic nitrogens is 6. The average Bonchev–Trinajstić information content (AvgIpc) is 3.45. The van der Waals surface area contributed by atoms with Crippen molar-refractivity contribution < 1.29 is 4.74 Å². The van der Waals surface area contributed by atoms with Crippen LogP contribution < -0.4 is 21.1 Å². The predicted octanol–water partition coefficient (Wildman–Crippen LogP) is 3.38. The molecule has 3 aromatic heterocycles. The molecule has 0 saturated heterocycles. The first-order valence-electron chi connectivity index (χ1n) is 12.3. The average molecular weight is 488 g/mol. The molecule has 188 valence electrons. The van der Waals surface area contributed by atoms with Crippen LogP contribution >= 0.6 is 0 Å². The zero-order valence-corrected chi connectivity index (χ0v) is 21.0. The number of ether oxygens (including phenoxy) is 1. The summed E-state index contributed by atoms with van der Waals surface area (Å²) in [5.74, 6) is 2.07. The third kappa shape index (κ3) is 5.03. The van der Waals surface area contributed by atoms with Crippen LogP contribution in [0.25, 0.3) is 22.5 Å². The normalized spacial score (nSPS) is 17.8. The van der Waals surface area contributed by atoms with Crippen molar-refractivity contribution >= 4 is 11.8 Å². The first-order valence-corrected chi connectivity index (χ1v) is 12.3. The van der Waals surface area contributed by atoms with Gasteiger partial charge < -0.3 is 21.1 Å². The largest absolute Gasteiger partial charge is 0.497 e. The van der Waals surface area contributed by atoms with Crippen molar-refractivity contribution in [2.45, 2.75) is 44.3 Å². The van der Waals surface area contributed by atoms with Crippen molar-refractivity contribution in [3.05, 3.63) is 54.5 Å². The van der Waals surface area contributed by atoms with Gasteiger partial charge in [0, 0.05) is 50.0 Å². The molecule has 1 aliphatic carbocycles. The monoisotopic (exact) mass is 487 g/mol. The van der Waals surface area contributed by atoms with Gasteiger partial charge in [-0.05, 0) is 56.0 Å². The molecular weight excluding hydrogens is 454 g/mol. The maximum absolute atomic E-state index is 6.11. The second-order valence-electron chi connectivity index (χ2n) is 9.28. The van der Waals surface area contributed by atoms with E-state index in [4.69, 9.17) is 10.5 Å². The van der Waals surface area contributed by atoms with Crippen LogP contribution in [0.4, 0.5) is 11.8 Å². The van der Waals surface area contributed by atoms with E-state index in [9.17, 15) is 0 Å². The van der Waals surface area contributed by atoms with Crippen molar-refractivity contribution in [1.82, 2.24) is 34.8 Å². The van der Waals surface area contributed by atoms with Crippen LogP contribution in [0.15, 0.2) is 48.9 Å². The number of nitrogen functional groups attached to an aromatic ring is 1. The van der Waals surface area contributed by atoms with E-state index in [1.807, 2.05) is 43.2 Å². The van der Waals surface area contributed by atoms with Gasteiger partial charge >= 0.3 is 0 Å². The molecule has 0 spiro atoms. The molecule has 0 aliphatic heterocycles. The number of nitrogens with two attached hydrogens (primary N) is 1. The molecule has 5 rings (SSSR count). The number of aryl methyl sites for hydroxylation is 2. The van der Waals surface area contributed by atoms with E-state index in [2.05, 4.69) is 42.9 Å². The zero-order valence-electron chi connectivity index (χ0n) is 21.0. The molecule has 0 radical (unpaired) electrons. The Labute approximate surface area is 210 Å². The van der Waals surface area contributed by atoms with Crippen molar-refractivity contribution in [3.8, 4) is 28.3 Å². The van der Waals surface area contributed by atoms with E-state index in [-0.39, 0.29) is 0 Å². The van der Waals surface area contributed by atoms with Gasteiger partial charge in [0.15, 0.2) is 0 Å². The van der Waals surface area contributed by atoms with Crippen LogP contribution in [-0.2, 0) is 20.6 Å². The van der Waals surface area contributed by atoms with Gasteiger partial charge in [0.25, 0.3) is 0 Å². The molecule has 1 fully saturated rings. The molecule has 0 bridgehead atoms. The Kier molecular flexibility index (Phi) is 6.86. The molecule has 4 N–H and O–H groups in total. The number of nitrogens with one attached hydrogen (secondary N) is 2. The van der Waals surface area contributed by atoms with Crippen LogP contribution in [0.3, 0.4) is 0 Å². The van der Waals surface area contributed by atoms with E-state index in [0.717, 1.165) is 60.5 Å². The Morgan fingerprint density at radius 1 is 0.972 bits per heavy atom. The van der Waals surface area contributed by atoms with Gasteiger partial charge in [-0.15, -0.1) is 0 Å². The lowest BCUT2D eigenvalue weighted by atomic mass is 9.91. The van der Waals surface area contributed by atoms with Crippen molar-refractivity contribution in [1.29, 1.82) is 0 Å². The first-order chi connectivity index (χ1) is 17.5. The molecule has 10 nitrogen and oxygen atoms in total. The highest BCUT2D eigenvalue weighted by Gasteiger charge is 2.22. The second-order valence-corrected chi connectivity index (χ2v) is 9.28. The van der Waals surface area contributed by atoms with E-state index in [1.165, 1.54) is 5.56 Å². The third-order valence-corrected chi connectivity index (χ3v) is 6.94. The van der Waals surface area contributed by atoms with Gasteiger partial charge in [0.2, 0.25) is 5.95 Å². The Bertz CT molecular complexity index is 1300. The molecule has 1 saturated carbocycles. The molecule has 1 aliphatic rings. The van der Waals surface area contributed by atoms with Crippen LogP contribution in [0.5, 0.6) is 5.75 Å². The summed E-state index contributed by atoms with van der Waals surface area (Å²) in [4.78, 5) is 9.09. The lowest BCUT2D eigenvalue weighted by molar-refractivity contribution is 0.352. The van der Waals surface area contributed by atoms with Crippen LogP contribution in [0.2, 0.25) is 0 Å². The van der Waals surface area contributed by atoms with Crippen LogP contribution in [0, 0.1) is 0 Å². The molecule has 0 amide bonds. The maximum Gasteiger partial charge on any atom is 0.223 e. The minimum atomic E-state index is 0.345. The Hall–Kier alpha value is -3.92. The minimum absolute atomic E-state index is 0.345. The molecule has 36 heavy (non-hydrogen) atoms. The van der Waals surface area contributed by atoms with Crippen LogP contribution in [-0.4, -0.2) is 48.7 Å². The SMILES string of the molecule is COc1ccc(-c2c(CNC3CCC(Nc4nccc(-c5cnn(C)c5N)n4)CC3)cnn2C)cc1. The lowest BCUT2D eigenvalue weighted by Crippen LogP contribution is -2.37. The number of hydrogen-bond donors (Lipinski definition) is 3. The molecular formula is C26H33N9O. The minimum Gasteiger partial charge on any atom is -0.497 e. The summed E-state index contributed by atoms with van der Waals surface area (Å²) >= 11 is 0. The fourth-order valence-corrected chi connectivity index (χ4v) is 4.83. The van der Waals surface area contributed by atoms with Gasteiger partial charge in [0.1, 0.15) is 11.6 Å². The van der Waals surface area contributed by atoms with Crippen molar-refractivity contribution in [2.24, 2.45) is 14.1 Å². The summed E-state index contributed by atoms with van der Waals surface area (Å²) in [6.07, 6.45) is 9.74. The number of rotatable bonds is 8. The molecule has 0 unspecified atom stereocenters. The number of anilines is 2. The lowest BCUT2D eigenvalue weighted by Gasteiger charge is -2.30. The highest BCUT2D eigenvalue weighted by molar-refractivity contribution is 5.70. The second kappa shape index (κ2) is 10.4. The van der Waals surface area contributed by atoms with E-state index in [0.29, 0.717) is 23.8 Å². The molecule has 10 heteroatoms. The summed E-state index contributed by atoms with van der Waals surface area (Å²) < 4.78 is 8.88. The maximum atomic E-state index is 6.11. The van der Waals surface area contributed by atoms with Crippen molar-refractivity contribution in [3.63, 3.8) is 0 Å². The standard InChI is InChI=1S/C26H33N9O/c1-34-24(17-4-10-21(36-3)11-5-17)18(15-30-34)14-29-19-6-8-20(9-7-19)32-26-28-13-12-23(33-26)22-16-31-35(2)25(22)27/h4-5,10-13,15-16,19-20,29H,6-9,14,27H2,1-3H3,(H,28,32,33). The summed E-state index contributed by atoms with van der Waals surface area (Å²) in [6.45, 7) is 0.787. The number of benzene rings is 1. The van der Waals surface area contributed by atoms with Gasteiger partial charge in [0.05, 0.1) is 36.5 Å². The molecule has 4 aromatic rings. The Morgan fingerprint density at radius 3 is 2.39 bits per heavy atom. The van der Waals surface area contributed by atoms with Crippen molar-refractivity contribution in [2.75, 3.05) is 18.2 Å². The smallest absolute Gasteiger partial charge is 0.223 e. The highest BCUT2D eigenvalue weighted by Crippen LogP contribution is 2.27.